The first-order chi connectivity index (χ1) is 17.0. The summed E-state index contributed by atoms with van der Waals surface area (Å²) >= 11 is 1.62. The van der Waals surface area contributed by atoms with Gasteiger partial charge in [0.05, 0.1) is 11.4 Å². The van der Waals surface area contributed by atoms with Gasteiger partial charge in [-0.05, 0) is 75.1 Å². The van der Waals surface area contributed by atoms with Gasteiger partial charge in [0.1, 0.15) is 18.7 Å². The first-order valence-electron chi connectivity index (χ1n) is 13.1. The zero-order valence-electron chi connectivity index (χ0n) is 22.5. The number of nitrogens with zero attached hydrogens (tertiary/aromatic N) is 2. The number of nitrogens with one attached hydrogen (secondary N) is 1. The number of ketones is 1. The van der Waals surface area contributed by atoms with E-state index in [-0.39, 0.29) is 35.6 Å². The molecule has 1 aromatic carbocycles. The van der Waals surface area contributed by atoms with Gasteiger partial charge in [-0.15, -0.1) is 0 Å². The van der Waals surface area contributed by atoms with Crippen LogP contribution < -0.4 is 5.32 Å². The van der Waals surface area contributed by atoms with E-state index >= 15 is 0 Å². The molecular formula is C28H41N3O4S. The first-order valence-corrected chi connectivity index (χ1v) is 14.4. The highest BCUT2D eigenvalue weighted by Crippen LogP contribution is 2.35. The van der Waals surface area contributed by atoms with E-state index in [2.05, 4.69) is 36.2 Å². The second-order valence-electron chi connectivity index (χ2n) is 11.8. The number of hydrogen-bond donors (Lipinski definition) is 1. The number of ether oxygens (including phenoxy) is 1. The van der Waals surface area contributed by atoms with Crippen LogP contribution in [0.2, 0.25) is 0 Å². The molecule has 0 radical (unpaired) electrons. The minimum absolute atomic E-state index is 0.0472. The molecule has 3 aliphatic rings. The van der Waals surface area contributed by atoms with E-state index in [1.807, 2.05) is 39.2 Å². The summed E-state index contributed by atoms with van der Waals surface area (Å²) < 4.78 is 5.71. The Morgan fingerprint density at radius 3 is 2.31 bits per heavy atom. The van der Waals surface area contributed by atoms with Gasteiger partial charge in [0.15, 0.2) is 5.78 Å². The van der Waals surface area contributed by atoms with E-state index in [1.165, 1.54) is 5.56 Å². The van der Waals surface area contributed by atoms with Gasteiger partial charge >= 0.3 is 0 Å². The van der Waals surface area contributed by atoms with Crippen LogP contribution in [0.15, 0.2) is 24.3 Å². The van der Waals surface area contributed by atoms with Crippen molar-refractivity contribution in [2.45, 2.75) is 82.9 Å². The zero-order valence-corrected chi connectivity index (χ0v) is 23.3. The Labute approximate surface area is 219 Å². The number of benzene rings is 1. The van der Waals surface area contributed by atoms with Crippen molar-refractivity contribution in [2.24, 2.45) is 5.41 Å². The largest absolute Gasteiger partial charge is 0.367 e. The molecule has 3 saturated heterocycles. The number of piperidine rings is 1. The lowest BCUT2D eigenvalue weighted by Crippen LogP contribution is -2.57. The fourth-order valence-electron chi connectivity index (χ4n) is 5.73. The van der Waals surface area contributed by atoms with Crippen molar-refractivity contribution < 1.29 is 19.1 Å². The van der Waals surface area contributed by atoms with Crippen molar-refractivity contribution in [2.75, 3.05) is 32.5 Å². The summed E-state index contributed by atoms with van der Waals surface area (Å²) in [7, 11) is 0. The van der Waals surface area contributed by atoms with Crippen LogP contribution in [0.1, 0.15) is 69.3 Å². The number of likely N-dealkylation sites (tertiary alicyclic amines) is 2. The summed E-state index contributed by atoms with van der Waals surface area (Å²) in [5, 5.41) is 3.06. The summed E-state index contributed by atoms with van der Waals surface area (Å²) in [6, 6.07) is 7.12. The van der Waals surface area contributed by atoms with E-state index in [1.54, 1.807) is 16.7 Å². The van der Waals surface area contributed by atoms with Crippen molar-refractivity contribution in [3.8, 4) is 0 Å². The van der Waals surface area contributed by atoms with Crippen LogP contribution in [0.3, 0.4) is 0 Å². The van der Waals surface area contributed by atoms with Gasteiger partial charge in [-0.1, -0.05) is 32.9 Å². The summed E-state index contributed by atoms with van der Waals surface area (Å²) in [5.74, 6) is -0.0243. The van der Waals surface area contributed by atoms with Crippen molar-refractivity contribution in [1.29, 1.82) is 0 Å². The Morgan fingerprint density at radius 1 is 1.11 bits per heavy atom. The highest BCUT2D eigenvalue weighted by molar-refractivity contribution is 7.99. The van der Waals surface area contributed by atoms with Crippen molar-refractivity contribution in [1.82, 2.24) is 15.1 Å². The molecule has 3 aliphatic heterocycles. The van der Waals surface area contributed by atoms with Gasteiger partial charge in [-0.3, -0.25) is 14.4 Å². The van der Waals surface area contributed by atoms with Crippen LogP contribution in [0, 0.1) is 5.41 Å². The molecule has 198 valence electrons. The minimum Gasteiger partial charge on any atom is -0.367 e. The third-order valence-corrected chi connectivity index (χ3v) is 9.04. The van der Waals surface area contributed by atoms with Crippen LogP contribution in [0.25, 0.3) is 0 Å². The Morgan fingerprint density at radius 2 is 1.75 bits per heavy atom. The second-order valence-corrected chi connectivity index (χ2v) is 12.8. The number of fused-ring (bicyclic) bond motifs is 1. The molecule has 0 bridgehead atoms. The predicted octanol–water partition coefficient (Wildman–Crippen LogP) is 3.33. The number of Topliss-reactive ketones (excluding diaryl/α,β-unsaturated/α-hetero) is 1. The van der Waals surface area contributed by atoms with Crippen molar-refractivity contribution in [3.63, 3.8) is 0 Å². The molecule has 3 heterocycles. The van der Waals surface area contributed by atoms with Crippen LogP contribution in [0.4, 0.5) is 0 Å². The highest BCUT2D eigenvalue weighted by atomic mass is 32.2. The number of carbonyl (C=O) groups excluding carboxylic acids is 3. The molecular weight excluding hydrogens is 474 g/mol. The summed E-state index contributed by atoms with van der Waals surface area (Å²) in [5.41, 5.74) is 1.29. The normalized spacial score (nSPS) is 26.4. The third-order valence-electron chi connectivity index (χ3n) is 8.02. The van der Waals surface area contributed by atoms with Gasteiger partial charge in [0.25, 0.3) is 5.91 Å². The minimum atomic E-state index is -0.750. The molecule has 8 heteroatoms. The standard InChI is InChI=1S/C28H41N3O4S/c1-17(2)30-13-11-19(12-14-30)18-7-9-20(10-8-18)26(33)29-25(28(3,4)5)27(34)31-15-22(36-6)24-23(31)21(32)16-35-24/h7-10,17,19,22-25H,11-16H2,1-6H3,(H,29,33)/t22-,23+,24+,25+/m0/s1. The molecule has 0 aliphatic carbocycles. The van der Waals surface area contributed by atoms with Crippen molar-refractivity contribution >= 4 is 29.4 Å². The monoisotopic (exact) mass is 515 g/mol. The lowest BCUT2D eigenvalue weighted by Gasteiger charge is -2.35. The molecule has 1 aromatic rings. The average molecular weight is 516 g/mol. The molecule has 2 amide bonds. The number of amides is 2. The van der Waals surface area contributed by atoms with E-state index < -0.39 is 17.5 Å². The molecule has 0 aromatic heterocycles. The summed E-state index contributed by atoms with van der Waals surface area (Å²) in [6.45, 7) is 13.0. The van der Waals surface area contributed by atoms with Gasteiger partial charge in [0, 0.05) is 18.2 Å². The maximum atomic E-state index is 13.7. The fourth-order valence-corrected chi connectivity index (χ4v) is 6.54. The molecule has 7 nitrogen and oxygen atoms in total. The number of thioether (sulfide) groups is 1. The fraction of sp³-hybridized carbons (Fsp3) is 0.679. The van der Waals surface area contributed by atoms with Gasteiger partial charge in [-0.25, -0.2) is 0 Å². The van der Waals surface area contributed by atoms with E-state index in [0.717, 1.165) is 25.9 Å². The zero-order chi connectivity index (χ0) is 26.2. The highest BCUT2D eigenvalue weighted by Gasteiger charge is 2.53. The average Bonchev–Trinajstić information content (AvgIpc) is 3.41. The van der Waals surface area contributed by atoms with Crippen LogP contribution in [0.5, 0.6) is 0 Å². The number of carbonyl (C=O) groups is 3. The Bertz CT molecular complexity index is 966. The number of rotatable bonds is 6. The second kappa shape index (κ2) is 10.8. The SMILES string of the molecule is CS[C@H]1CN(C(=O)[C@@H](NC(=O)c2ccc(C3CCN(C(C)C)CC3)cc2)C(C)(C)C)[C@@H]2C(=O)CO[C@H]12. The maximum absolute atomic E-state index is 13.7. The molecule has 0 saturated carbocycles. The molecule has 0 spiro atoms. The smallest absolute Gasteiger partial charge is 0.251 e. The van der Waals surface area contributed by atoms with Gasteiger partial charge in [-0.2, -0.15) is 11.8 Å². The Kier molecular flexibility index (Phi) is 8.17. The van der Waals surface area contributed by atoms with Gasteiger partial charge in [0.2, 0.25) is 5.91 Å². The molecule has 4 rings (SSSR count). The molecule has 1 N–H and O–H groups in total. The first kappa shape index (κ1) is 27.1. The van der Waals surface area contributed by atoms with Crippen LogP contribution in [-0.4, -0.2) is 89.4 Å². The van der Waals surface area contributed by atoms with E-state index in [9.17, 15) is 14.4 Å². The molecule has 4 atom stereocenters. The maximum Gasteiger partial charge on any atom is 0.251 e. The van der Waals surface area contributed by atoms with Crippen LogP contribution in [-0.2, 0) is 14.3 Å². The van der Waals surface area contributed by atoms with E-state index in [4.69, 9.17) is 4.74 Å². The lowest BCUT2D eigenvalue weighted by atomic mass is 9.85. The predicted molar refractivity (Wildman–Crippen MR) is 143 cm³/mol. The molecule has 0 unspecified atom stereocenters. The quantitative estimate of drug-likeness (QED) is 0.626. The third kappa shape index (κ3) is 5.50. The number of hydrogen-bond acceptors (Lipinski definition) is 6. The Balaban J connectivity index is 1.44. The lowest BCUT2D eigenvalue weighted by molar-refractivity contribution is -0.140. The molecule has 3 fully saturated rings. The Hall–Kier alpha value is -1.90. The van der Waals surface area contributed by atoms with Crippen LogP contribution >= 0.6 is 11.8 Å². The van der Waals surface area contributed by atoms with Gasteiger partial charge < -0.3 is 19.9 Å². The van der Waals surface area contributed by atoms with E-state index in [0.29, 0.717) is 24.1 Å². The molecule has 36 heavy (non-hydrogen) atoms. The van der Waals surface area contributed by atoms with Crippen molar-refractivity contribution in [3.05, 3.63) is 35.4 Å². The topological polar surface area (TPSA) is 79.0 Å². The summed E-state index contributed by atoms with van der Waals surface area (Å²) in [4.78, 5) is 43.7. The summed E-state index contributed by atoms with van der Waals surface area (Å²) in [6.07, 6.45) is 3.96.